The highest BCUT2D eigenvalue weighted by molar-refractivity contribution is 9.10. The zero-order valence-electron chi connectivity index (χ0n) is 14.6. The van der Waals surface area contributed by atoms with Gasteiger partial charge in [-0.2, -0.15) is 0 Å². The zero-order chi connectivity index (χ0) is 18.1. The highest BCUT2D eigenvalue weighted by Gasteiger charge is 2.41. The van der Waals surface area contributed by atoms with Crippen molar-refractivity contribution < 1.29 is 19.1 Å². The Kier molecular flexibility index (Phi) is 5.38. The van der Waals surface area contributed by atoms with Gasteiger partial charge in [0.1, 0.15) is 11.4 Å². The molecule has 0 atom stereocenters. The van der Waals surface area contributed by atoms with Crippen LogP contribution in [0.1, 0.15) is 46.6 Å². The van der Waals surface area contributed by atoms with Crippen LogP contribution in [0, 0.1) is 0 Å². The first-order chi connectivity index (χ1) is 11.2. The monoisotopic (exact) mass is 395 g/mol. The fourth-order valence-corrected chi connectivity index (χ4v) is 2.88. The third-order valence-electron chi connectivity index (χ3n) is 3.38. The van der Waals surface area contributed by atoms with Gasteiger partial charge in [0.25, 0.3) is 5.91 Å². The molecule has 5 nitrogen and oxygen atoms in total. The van der Waals surface area contributed by atoms with Crippen molar-refractivity contribution >= 4 is 39.2 Å². The van der Waals surface area contributed by atoms with Crippen molar-refractivity contribution in [3.63, 3.8) is 0 Å². The molecule has 24 heavy (non-hydrogen) atoms. The summed E-state index contributed by atoms with van der Waals surface area (Å²) in [5.41, 5.74) is 0.914. The van der Waals surface area contributed by atoms with Crippen molar-refractivity contribution in [3.05, 3.63) is 34.0 Å². The molecule has 1 aliphatic heterocycles. The summed E-state index contributed by atoms with van der Waals surface area (Å²) < 4.78 is 11.9. The standard InChI is InChI=1S/C18H22BrNO4/c1-6-14(23-7-2)15-12-10-11(19)8-9-13(12)20(16(15)21)17(22)24-18(3,4)5/h8-10H,6-7H2,1-5H3/b15-14-. The molecule has 1 heterocycles. The molecule has 0 N–H and O–H groups in total. The molecule has 2 amide bonds. The molecular weight excluding hydrogens is 374 g/mol. The van der Waals surface area contributed by atoms with Gasteiger partial charge in [0.05, 0.1) is 17.9 Å². The van der Waals surface area contributed by atoms with Crippen LogP contribution in [0.2, 0.25) is 0 Å². The minimum Gasteiger partial charge on any atom is -0.497 e. The van der Waals surface area contributed by atoms with Gasteiger partial charge in [0.15, 0.2) is 0 Å². The van der Waals surface area contributed by atoms with Crippen LogP contribution in [0.25, 0.3) is 5.57 Å². The molecule has 0 bridgehead atoms. The van der Waals surface area contributed by atoms with Crippen LogP contribution >= 0.6 is 15.9 Å². The molecule has 0 spiro atoms. The number of ether oxygens (including phenoxy) is 2. The Balaban J connectivity index is 2.58. The third-order valence-corrected chi connectivity index (χ3v) is 3.87. The first-order valence-electron chi connectivity index (χ1n) is 7.92. The molecule has 0 aromatic heterocycles. The third kappa shape index (κ3) is 3.64. The molecule has 0 unspecified atom stereocenters. The first kappa shape index (κ1) is 18.5. The van der Waals surface area contributed by atoms with Crippen LogP contribution in [0.5, 0.6) is 0 Å². The van der Waals surface area contributed by atoms with E-state index < -0.39 is 17.6 Å². The van der Waals surface area contributed by atoms with Gasteiger partial charge in [-0.1, -0.05) is 22.9 Å². The van der Waals surface area contributed by atoms with E-state index in [0.29, 0.717) is 35.6 Å². The number of nitrogens with zero attached hydrogens (tertiary/aromatic N) is 1. The van der Waals surface area contributed by atoms with E-state index in [0.717, 1.165) is 9.37 Å². The molecule has 6 heteroatoms. The van der Waals surface area contributed by atoms with Gasteiger partial charge >= 0.3 is 6.09 Å². The maximum absolute atomic E-state index is 12.9. The second-order valence-electron chi connectivity index (χ2n) is 6.37. The number of carbonyl (C=O) groups excluding carboxylic acids is 2. The lowest BCUT2D eigenvalue weighted by atomic mass is 10.1. The molecule has 0 saturated carbocycles. The van der Waals surface area contributed by atoms with Crippen LogP contribution in [-0.2, 0) is 14.3 Å². The van der Waals surface area contributed by atoms with Crippen LogP contribution < -0.4 is 4.90 Å². The maximum atomic E-state index is 12.9. The molecule has 1 aromatic carbocycles. The molecule has 0 aliphatic carbocycles. The smallest absolute Gasteiger partial charge is 0.422 e. The molecule has 1 aromatic rings. The van der Waals surface area contributed by atoms with Gasteiger partial charge in [0, 0.05) is 16.5 Å². The summed E-state index contributed by atoms with van der Waals surface area (Å²) >= 11 is 3.42. The van der Waals surface area contributed by atoms with Crippen molar-refractivity contribution in [2.45, 2.75) is 46.6 Å². The molecule has 0 radical (unpaired) electrons. The predicted molar refractivity (Wildman–Crippen MR) is 96.7 cm³/mol. The topological polar surface area (TPSA) is 55.8 Å². The average molecular weight is 396 g/mol. The molecular formula is C18H22BrNO4. The largest absolute Gasteiger partial charge is 0.497 e. The van der Waals surface area contributed by atoms with E-state index >= 15 is 0 Å². The Morgan fingerprint density at radius 2 is 1.92 bits per heavy atom. The summed E-state index contributed by atoms with van der Waals surface area (Å²) in [5, 5.41) is 0. The Morgan fingerprint density at radius 3 is 2.46 bits per heavy atom. The van der Waals surface area contributed by atoms with Gasteiger partial charge < -0.3 is 9.47 Å². The Labute approximate surface area is 150 Å². The molecule has 1 aliphatic rings. The number of halogens is 1. The van der Waals surface area contributed by atoms with Gasteiger partial charge in [0.2, 0.25) is 0 Å². The van der Waals surface area contributed by atoms with E-state index in [4.69, 9.17) is 9.47 Å². The van der Waals surface area contributed by atoms with Crippen molar-refractivity contribution in [2.75, 3.05) is 11.5 Å². The maximum Gasteiger partial charge on any atom is 0.422 e. The summed E-state index contributed by atoms with van der Waals surface area (Å²) in [6.45, 7) is 9.53. The number of imide groups is 1. The molecule has 2 rings (SSSR count). The number of benzene rings is 1. The van der Waals surface area contributed by atoms with E-state index in [9.17, 15) is 9.59 Å². The van der Waals surface area contributed by atoms with Crippen LogP contribution in [-0.4, -0.2) is 24.2 Å². The number of allylic oxidation sites excluding steroid dienone is 1. The number of hydrogen-bond donors (Lipinski definition) is 0. The second-order valence-corrected chi connectivity index (χ2v) is 7.28. The first-order valence-corrected chi connectivity index (χ1v) is 8.72. The summed E-state index contributed by atoms with van der Waals surface area (Å²) in [6.07, 6.45) is -0.124. The summed E-state index contributed by atoms with van der Waals surface area (Å²) in [5.74, 6) is 0.163. The average Bonchev–Trinajstić information content (AvgIpc) is 2.74. The van der Waals surface area contributed by atoms with E-state index in [2.05, 4.69) is 15.9 Å². The molecule has 0 fully saturated rings. The van der Waals surface area contributed by atoms with E-state index in [1.165, 1.54) is 0 Å². The van der Waals surface area contributed by atoms with Crippen molar-refractivity contribution in [1.29, 1.82) is 0 Å². The van der Waals surface area contributed by atoms with E-state index in [-0.39, 0.29) is 0 Å². The summed E-state index contributed by atoms with van der Waals surface area (Å²) in [6, 6.07) is 5.34. The fourth-order valence-electron chi connectivity index (χ4n) is 2.52. The molecule has 130 valence electrons. The number of amides is 2. The van der Waals surface area contributed by atoms with Crippen LogP contribution in [0.4, 0.5) is 10.5 Å². The predicted octanol–water partition coefficient (Wildman–Crippen LogP) is 4.89. The van der Waals surface area contributed by atoms with Crippen LogP contribution in [0.3, 0.4) is 0 Å². The van der Waals surface area contributed by atoms with Crippen molar-refractivity contribution in [2.24, 2.45) is 0 Å². The quantitative estimate of drug-likeness (QED) is 0.539. The Bertz CT molecular complexity index is 703. The normalized spacial score (nSPS) is 16.1. The highest BCUT2D eigenvalue weighted by Crippen LogP contribution is 2.41. The second kappa shape index (κ2) is 6.97. The zero-order valence-corrected chi connectivity index (χ0v) is 16.2. The number of hydrogen-bond acceptors (Lipinski definition) is 4. The van der Waals surface area contributed by atoms with Crippen molar-refractivity contribution in [1.82, 2.24) is 0 Å². The van der Waals surface area contributed by atoms with Crippen molar-refractivity contribution in [3.8, 4) is 0 Å². The lowest BCUT2D eigenvalue weighted by Gasteiger charge is -2.23. The number of fused-ring (bicyclic) bond motifs is 1. The van der Waals surface area contributed by atoms with E-state index in [1.54, 1.807) is 32.9 Å². The lowest BCUT2D eigenvalue weighted by molar-refractivity contribution is -0.113. The van der Waals surface area contributed by atoms with Gasteiger partial charge in [-0.15, -0.1) is 0 Å². The fraction of sp³-hybridized carbons (Fsp3) is 0.444. The number of rotatable bonds is 3. The number of carbonyl (C=O) groups is 2. The summed E-state index contributed by atoms with van der Waals surface area (Å²) in [7, 11) is 0. The Hall–Kier alpha value is -1.82. The minimum absolute atomic E-state index is 0.414. The van der Waals surface area contributed by atoms with Crippen LogP contribution in [0.15, 0.2) is 28.4 Å². The van der Waals surface area contributed by atoms with Gasteiger partial charge in [-0.05, 0) is 45.9 Å². The Morgan fingerprint density at radius 1 is 1.25 bits per heavy atom. The minimum atomic E-state index is -0.688. The summed E-state index contributed by atoms with van der Waals surface area (Å²) in [4.78, 5) is 26.6. The molecule has 0 saturated heterocycles. The highest BCUT2D eigenvalue weighted by atomic mass is 79.9. The van der Waals surface area contributed by atoms with Gasteiger partial charge in [-0.25, -0.2) is 9.69 Å². The SMILES string of the molecule is CCO/C(CC)=C1\C(=O)N(C(=O)OC(C)(C)C)c2ccc(Br)cc21. The lowest BCUT2D eigenvalue weighted by Crippen LogP contribution is -2.38. The van der Waals surface area contributed by atoms with Gasteiger partial charge in [-0.3, -0.25) is 4.79 Å². The van der Waals surface area contributed by atoms with E-state index in [1.807, 2.05) is 19.9 Å². The number of anilines is 1.